The SMILES string of the molecule is CCc1cc(C)c(F)cc1-c1cc(F)c2c(-c3nc4c([nH]3)CNCC4)n[nH]c2c1. The van der Waals surface area contributed by atoms with Crippen LogP contribution in [0.4, 0.5) is 8.78 Å². The first-order valence-corrected chi connectivity index (χ1v) is 9.81. The molecule has 148 valence electrons. The number of aromatic nitrogens is 4. The second kappa shape index (κ2) is 6.77. The first kappa shape index (κ1) is 18.0. The van der Waals surface area contributed by atoms with E-state index in [1.165, 1.54) is 12.1 Å². The zero-order valence-corrected chi connectivity index (χ0v) is 16.3. The summed E-state index contributed by atoms with van der Waals surface area (Å²) in [5, 5.41) is 10.9. The molecule has 0 atom stereocenters. The highest BCUT2D eigenvalue weighted by atomic mass is 19.1. The molecule has 1 aliphatic rings. The fourth-order valence-electron chi connectivity index (χ4n) is 4.07. The van der Waals surface area contributed by atoms with Crippen molar-refractivity contribution in [1.82, 2.24) is 25.5 Å². The Morgan fingerprint density at radius 3 is 2.76 bits per heavy atom. The number of benzene rings is 2. The van der Waals surface area contributed by atoms with Gasteiger partial charge in [-0.2, -0.15) is 5.10 Å². The first-order chi connectivity index (χ1) is 14.0. The van der Waals surface area contributed by atoms with Gasteiger partial charge in [0.2, 0.25) is 0 Å². The number of rotatable bonds is 3. The van der Waals surface area contributed by atoms with Gasteiger partial charge in [-0.3, -0.25) is 5.10 Å². The standard InChI is InChI=1S/C22H21F2N5/c1-3-12-6-11(2)15(23)9-14(12)13-7-16(24)20-18(8-13)28-29-21(20)22-26-17-4-5-25-10-19(17)27-22/h6-9,25H,3-5,10H2,1-2H3,(H,26,27)(H,28,29). The van der Waals surface area contributed by atoms with Crippen LogP contribution in [-0.4, -0.2) is 26.7 Å². The quantitative estimate of drug-likeness (QED) is 0.483. The highest BCUT2D eigenvalue weighted by Gasteiger charge is 2.21. The lowest BCUT2D eigenvalue weighted by Crippen LogP contribution is -2.23. The second-order valence-corrected chi connectivity index (χ2v) is 7.50. The van der Waals surface area contributed by atoms with Gasteiger partial charge in [0, 0.05) is 19.5 Å². The molecule has 29 heavy (non-hydrogen) atoms. The fourth-order valence-corrected chi connectivity index (χ4v) is 4.07. The highest BCUT2D eigenvalue weighted by molar-refractivity contribution is 5.94. The molecule has 0 fully saturated rings. The number of aryl methyl sites for hydroxylation is 2. The minimum atomic E-state index is -0.406. The molecule has 0 spiro atoms. The molecule has 0 bridgehead atoms. The van der Waals surface area contributed by atoms with Crippen LogP contribution in [0.1, 0.15) is 29.4 Å². The third-order valence-corrected chi connectivity index (χ3v) is 5.62. The van der Waals surface area contributed by atoms with E-state index in [1.807, 2.05) is 19.1 Å². The summed E-state index contributed by atoms with van der Waals surface area (Å²) in [6.07, 6.45) is 1.57. The third-order valence-electron chi connectivity index (χ3n) is 5.62. The largest absolute Gasteiger partial charge is 0.339 e. The van der Waals surface area contributed by atoms with Gasteiger partial charge in [-0.25, -0.2) is 13.8 Å². The van der Waals surface area contributed by atoms with Gasteiger partial charge in [-0.1, -0.05) is 13.0 Å². The molecule has 4 aromatic rings. The van der Waals surface area contributed by atoms with E-state index in [4.69, 9.17) is 0 Å². The van der Waals surface area contributed by atoms with E-state index in [9.17, 15) is 4.39 Å². The van der Waals surface area contributed by atoms with E-state index in [0.29, 0.717) is 39.1 Å². The van der Waals surface area contributed by atoms with E-state index in [2.05, 4.69) is 25.5 Å². The van der Waals surface area contributed by atoms with Gasteiger partial charge in [0.25, 0.3) is 0 Å². The van der Waals surface area contributed by atoms with Crippen molar-refractivity contribution in [2.45, 2.75) is 33.2 Å². The predicted octanol–water partition coefficient (Wildman–Crippen LogP) is 4.41. The first-order valence-electron chi connectivity index (χ1n) is 9.81. The number of hydrogen-bond acceptors (Lipinski definition) is 3. The lowest BCUT2D eigenvalue weighted by Gasteiger charge is -2.11. The number of H-pyrrole nitrogens is 2. The summed E-state index contributed by atoms with van der Waals surface area (Å²) in [7, 11) is 0. The molecule has 1 aliphatic heterocycles. The number of imidazole rings is 1. The monoisotopic (exact) mass is 393 g/mol. The molecule has 0 unspecified atom stereocenters. The molecular formula is C22H21F2N5. The fraction of sp³-hybridized carbons (Fsp3) is 0.273. The minimum Gasteiger partial charge on any atom is -0.339 e. The van der Waals surface area contributed by atoms with Gasteiger partial charge in [-0.05, 0) is 53.8 Å². The van der Waals surface area contributed by atoms with Crippen molar-refractivity contribution in [3.05, 3.63) is 58.4 Å². The maximum atomic E-state index is 15.2. The maximum Gasteiger partial charge on any atom is 0.159 e. The summed E-state index contributed by atoms with van der Waals surface area (Å²) < 4.78 is 29.4. The average Bonchev–Trinajstić information content (AvgIpc) is 3.33. The number of nitrogens with one attached hydrogen (secondary N) is 3. The van der Waals surface area contributed by atoms with Gasteiger partial charge in [0.15, 0.2) is 5.82 Å². The molecule has 0 radical (unpaired) electrons. The average molecular weight is 393 g/mol. The van der Waals surface area contributed by atoms with Crippen LogP contribution in [0.15, 0.2) is 24.3 Å². The molecule has 0 aliphatic carbocycles. The lowest BCUT2D eigenvalue weighted by molar-refractivity contribution is 0.618. The Morgan fingerprint density at radius 2 is 1.97 bits per heavy atom. The molecule has 2 aromatic carbocycles. The van der Waals surface area contributed by atoms with Gasteiger partial charge in [-0.15, -0.1) is 0 Å². The summed E-state index contributed by atoms with van der Waals surface area (Å²) in [5.41, 5.74) is 5.93. The summed E-state index contributed by atoms with van der Waals surface area (Å²) in [5.74, 6) is -0.137. The Labute approximate surface area is 166 Å². The van der Waals surface area contributed by atoms with Crippen LogP contribution < -0.4 is 5.32 Å². The van der Waals surface area contributed by atoms with E-state index < -0.39 is 5.82 Å². The van der Waals surface area contributed by atoms with Gasteiger partial charge in [0.1, 0.15) is 17.3 Å². The third kappa shape index (κ3) is 2.93. The van der Waals surface area contributed by atoms with Crippen LogP contribution in [0.2, 0.25) is 0 Å². The van der Waals surface area contributed by atoms with Crippen molar-refractivity contribution in [3.63, 3.8) is 0 Å². The van der Waals surface area contributed by atoms with Gasteiger partial charge < -0.3 is 10.3 Å². The molecule has 5 rings (SSSR count). The van der Waals surface area contributed by atoms with Crippen LogP contribution in [0.5, 0.6) is 0 Å². The Hall–Kier alpha value is -3.06. The molecule has 3 heterocycles. The van der Waals surface area contributed by atoms with Crippen LogP contribution in [0, 0.1) is 18.6 Å². The van der Waals surface area contributed by atoms with E-state index in [-0.39, 0.29) is 5.82 Å². The lowest BCUT2D eigenvalue weighted by atomic mass is 9.95. The number of nitrogens with zero attached hydrogens (tertiary/aromatic N) is 2. The number of aromatic amines is 2. The second-order valence-electron chi connectivity index (χ2n) is 7.50. The number of hydrogen-bond donors (Lipinski definition) is 3. The smallest absolute Gasteiger partial charge is 0.159 e. The predicted molar refractivity (Wildman–Crippen MR) is 109 cm³/mol. The molecule has 3 N–H and O–H groups in total. The van der Waals surface area contributed by atoms with Crippen LogP contribution >= 0.6 is 0 Å². The molecule has 2 aromatic heterocycles. The normalized spacial score (nSPS) is 13.8. The highest BCUT2D eigenvalue weighted by Crippen LogP contribution is 2.34. The summed E-state index contributed by atoms with van der Waals surface area (Å²) in [4.78, 5) is 7.88. The number of fused-ring (bicyclic) bond motifs is 2. The number of halogens is 2. The van der Waals surface area contributed by atoms with Crippen molar-refractivity contribution in [2.24, 2.45) is 0 Å². The summed E-state index contributed by atoms with van der Waals surface area (Å²) in [6.45, 7) is 5.34. The van der Waals surface area contributed by atoms with E-state index in [1.54, 1.807) is 6.92 Å². The zero-order valence-electron chi connectivity index (χ0n) is 16.3. The Kier molecular flexibility index (Phi) is 4.20. The van der Waals surface area contributed by atoms with Gasteiger partial charge in [0.05, 0.1) is 22.3 Å². The molecule has 0 saturated carbocycles. The molecule has 7 heteroatoms. The van der Waals surface area contributed by atoms with Crippen molar-refractivity contribution in [3.8, 4) is 22.6 Å². The maximum absolute atomic E-state index is 15.2. The van der Waals surface area contributed by atoms with Crippen molar-refractivity contribution >= 4 is 10.9 Å². The molecular weight excluding hydrogens is 372 g/mol. The Morgan fingerprint density at radius 1 is 1.10 bits per heavy atom. The topological polar surface area (TPSA) is 69.4 Å². The van der Waals surface area contributed by atoms with Crippen molar-refractivity contribution in [1.29, 1.82) is 0 Å². The Balaban J connectivity index is 1.64. The van der Waals surface area contributed by atoms with E-state index in [0.717, 1.165) is 42.9 Å². The summed E-state index contributed by atoms with van der Waals surface area (Å²) in [6, 6.07) is 6.59. The minimum absolute atomic E-state index is 0.294. The van der Waals surface area contributed by atoms with Gasteiger partial charge >= 0.3 is 0 Å². The molecule has 0 amide bonds. The van der Waals surface area contributed by atoms with Crippen LogP contribution in [0.25, 0.3) is 33.5 Å². The molecule has 5 nitrogen and oxygen atoms in total. The van der Waals surface area contributed by atoms with Crippen molar-refractivity contribution < 1.29 is 8.78 Å². The zero-order chi connectivity index (χ0) is 20.1. The Bertz CT molecular complexity index is 1210. The van der Waals surface area contributed by atoms with E-state index >= 15 is 4.39 Å². The molecule has 0 saturated heterocycles. The van der Waals surface area contributed by atoms with Crippen molar-refractivity contribution in [2.75, 3.05) is 6.54 Å². The summed E-state index contributed by atoms with van der Waals surface area (Å²) >= 11 is 0. The van der Waals surface area contributed by atoms with Crippen LogP contribution in [-0.2, 0) is 19.4 Å². The van der Waals surface area contributed by atoms with Crippen LogP contribution in [0.3, 0.4) is 0 Å².